The average Bonchev–Trinajstić information content (AvgIpc) is 2.79. The molecule has 2 aliphatic rings. The number of anilines is 2. The molecule has 9 heteroatoms. The molecule has 4 rings (SSSR count). The van der Waals surface area contributed by atoms with E-state index in [0.717, 1.165) is 55.3 Å². The van der Waals surface area contributed by atoms with Gasteiger partial charge in [0.15, 0.2) is 11.6 Å². The molecule has 33 heavy (non-hydrogen) atoms. The second-order valence-corrected chi connectivity index (χ2v) is 9.01. The monoisotopic (exact) mass is 458 g/mol. The summed E-state index contributed by atoms with van der Waals surface area (Å²) < 4.78 is 27.2. The molecule has 2 aliphatic heterocycles. The van der Waals surface area contributed by atoms with Gasteiger partial charge in [-0.05, 0) is 19.9 Å². The third-order valence-electron chi connectivity index (χ3n) is 6.15. The Morgan fingerprint density at radius 1 is 1.09 bits per heavy atom. The first-order valence-electron chi connectivity index (χ1n) is 11.7. The van der Waals surface area contributed by atoms with E-state index in [-0.39, 0.29) is 11.9 Å². The smallest absolute Gasteiger partial charge is 0.222 e. The molecule has 0 aliphatic carbocycles. The van der Waals surface area contributed by atoms with E-state index in [4.69, 9.17) is 9.97 Å². The number of benzene rings is 1. The van der Waals surface area contributed by atoms with Crippen LogP contribution in [0.1, 0.15) is 44.1 Å². The van der Waals surface area contributed by atoms with Gasteiger partial charge in [0.1, 0.15) is 11.6 Å². The van der Waals surface area contributed by atoms with Crippen LogP contribution >= 0.6 is 0 Å². The first-order valence-corrected chi connectivity index (χ1v) is 11.7. The molecule has 1 saturated heterocycles. The van der Waals surface area contributed by atoms with Crippen LogP contribution in [0.5, 0.6) is 0 Å². The maximum atomic E-state index is 14.1. The van der Waals surface area contributed by atoms with Crippen molar-refractivity contribution in [2.24, 2.45) is 0 Å². The van der Waals surface area contributed by atoms with Crippen LogP contribution in [0.3, 0.4) is 0 Å². The second-order valence-electron chi connectivity index (χ2n) is 9.01. The standard InChI is InChI=1S/C24H32F2N6O/c1-4-22(33)32-8-7-20-21(15-32)28-23(27-16(2)3)24(29-20)31-11-9-30(10-12-31)14-17-5-6-18(25)13-19(17)26/h5-6,13,16H,4,7-12,14-15H2,1-3H3,(H,27,28). The Balaban J connectivity index is 1.48. The Bertz CT molecular complexity index is 1010. The number of aromatic nitrogens is 2. The highest BCUT2D eigenvalue weighted by atomic mass is 19.1. The molecule has 7 nitrogen and oxygen atoms in total. The molecule has 0 unspecified atom stereocenters. The van der Waals surface area contributed by atoms with Crippen LogP contribution in [0.15, 0.2) is 18.2 Å². The van der Waals surface area contributed by atoms with Crippen molar-refractivity contribution < 1.29 is 13.6 Å². The van der Waals surface area contributed by atoms with Crippen LogP contribution in [0.25, 0.3) is 0 Å². The Hall–Kier alpha value is -2.81. The van der Waals surface area contributed by atoms with Crippen LogP contribution in [-0.2, 0) is 24.3 Å². The number of amides is 1. The second kappa shape index (κ2) is 9.99. The fourth-order valence-electron chi connectivity index (χ4n) is 4.36. The maximum Gasteiger partial charge on any atom is 0.222 e. The zero-order valence-electron chi connectivity index (χ0n) is 19.6. The summed E-state index contributed by atoms with van der Waals surface area (Å²) in [4.78, 5) is 28.3. The van der Waals surface area contributed by atoms with E-state index in [2.05, 4.69) is 29.0 Å². The quantitative estimate of drug-likeness (QED) is 0.717. The topological polar surface area (TPSA) is 64.6 Å². The zero-order valence-corrected chi connectivity index (χ0v) is 19.6. The Kier molecular flexibility index (Phi) is 7.07. The lowest BCUT2D eigenvalue weighted by Gasteiger charge is -2.37. The number of carbonyl (C=O) groups excluding carboxylic acids is 1. The fourth-order valence-corrected chi connectivity index (χ4v) is 4.36. The summed E-state index contributed by atoms with van der Waals surface area (Å²) in [5, 5.41) is 3.43. The number of hydrogen-bond donors (Lipinski definition) is 1. The minimum atomic E-state index is -0.556. The summed E-state index contributed by atoms with van der Waals surface area (Å²) in [7, 11) is 0. The van der Waals surface area contributed by atoms with Gasteiger partial charge in [-0.2, -0.15) is 0 Å². The molecular formula is C24H32F2N6O. The van der Waals surface area contributed by atoms with Crippen molar-refractivity contribution >= 4 is 17.5 Å². The van der Waals surface area contributed by atoms with Crippen LogP contribution in [-0.4, -0.2) is 64.4 Å². The minimum Gasteiger partial charge on any atom is -0.365 e. The van der Waals surface area contributed by atoms with Gasteiger partial charge in [0.2, 0.25) is 5.91 Å². The Morgan fingerprint density at radius 3 is 2.52 bits per heavy atom. The fraction of sp³-hybridized carbons (Fsp3) is 0.542. The summed E-state index contributed by atoms with van der Waals surface area (Å²) >= 11 is 0. The molecule has 178 valence electrons. The summed E-state index contributed by atoms with van der Waals surface area (Å²) in [6, 6.07) is 3.95. The Morgan fingerprint density at radius 2 is 1.85 bits per heavy atom. The van der Waals surface area contributed by atoms with Gasteiger partial charge in [0.05, 0.1) is 17.9 Å². The number of nitrogens with one attached hydrogen (secondary N) is 1. The third kappa shape index (κ3) is 5.40. The average molecular weight is 459 g/mol. The summed E-state index contributed by atoms with van der Waals surface area (Å²) in [5.74, 6) is 0.660. The van der Waals surface area contributed by atoms with Gasteiger partial charge in [-0.3, -0.25) is 9.69 Å². The van der Waals surface area contributed by atoms with Gasteiger partial charge in [-0.15, -0.1) is 0 Å². The highest BCUT2D eigenvalue weighted by molar-refractivity contribution is 5.76. The van der Waals surface area contributed by atoms with Crippen molar-refractivity contribution in [2.75, 3.05) is 42.9 Å². The summed E-state index contributed by atoms with van der Waals surface area (Å²) in [5.41, 5.74) is 2.32. The molecule has 2 aromatic rings. The molecule has 0 bridgehead atoms. The van der Waals surface area contributed by atoms with E-state index in [1.165, 1.54) is 12.1 Å². The van der Waals surface area contributed by atoms with Gasteiger partial charge < -0.3 is 15.1 Å². The van der Waals surface area contributed by atoms with Crippen LogP contribution in [0.2, 0.25) is 0 Å². The van der Waals surface area contributed by atoms with Crippen molar-refractivity contribution in [1.82, 2.24) is 19.8 Å². The van der Waals surface area contributed by atoms with Gasteiger partial charge >= 0.3 is 0 Å². The van der Waals surface area contributed by atoms with Crippen LogP contribution in [0.4, 0.5) is 20.4 Å². The number of carbonyl (C=O) groups is 1. The molecule has 0 spiro atoms. The van der Waals surface area contributed by atoms with E-state index in [0.29, 0.717) is 38.0 Å². The molecule has 0 atom stereocenters. The SMILES string of the molecule is CCC(=O)N1CCc2nc(N3CCN(Cc4ccc(F)cc4F)CC3)c(NC(C)C)nc2C1. The third-order valence-corrected chi connectivity index (χ3v) is 6.15. The lowest BCUT2D eigenvalue weighted by atomic mass is 10.1. The van der Waals surface area contributed by atoms with Gasteiger partial charge in [0.25, 0.3) is 0 Å². The lowest BCUT2D eigenvalue weighted by Crippen LogP contribution is -2.47. The van der Waals surface area contributed by atoms with Gasteiger partial charge in [-0.1, -0.05) is 13.0 Å². The first-order chi connectivity index (χ1) is 15.8. The van der Waals surface area contributed by atoms with Crippen LogP contribution < -0.4 is 10.2 Å². The van der Waals surface area contributed by atoms with Crippen molar-refractivity contribution in [3.8, 4) is 0 Å². The Labute approximate surface area is 193 Å². The largest absolute Gasteiger partial charge is 0.365 e. The van der Waals surface area contributed by atoms with Crippen LogP contribution in [0, 0.1) is 11.6 Å². The number of piperazine rings is 1. The minimum absolute atomic E-state index is 0.138. The molecule has 0 saturated carbocycles. The number of nitrogens with zero attached hydrogens (tertiary/aromatic N) is 5. The highest BCUT2D eigenvalue weighted by Gasteiger charge is 2.27. The summed E-state index contributed by atoms with van der Waals surface area (Å²) in [6.07, 6.45) is 1.19. The number of halogens is 2. The molecular weight excluding hydrogens is 426 g/mol. The number of rotatable bonds is 6. The normalized spacial score (nSPS) is 16.8. The van der Waals surface area contributed by atoms with E-state index in [1.807, 2.05) is 11.8 Å². The first kappa shape index (κ1) is 23.4. The zero-order chi connectivity index (χ0) is 23.5. The van der Waals surface area contributed by atoms with Crippen molar-refractivity contribution in [3.05, 3.63) is 46.8 Å². The molecule has 1 aromatic heterocycles. The van der Waals surface area contributed by atoms with E-state index in [1.54, 1.807) is 0 Å². The molecule has 1 fully saturated rings. The van der Waals surface area contributed by atoms with E-state index >= 15 is 0 Å². The van der Waals surface area contributed by atoms with E-state index in [9.17, 15) is 13.6 Å². The number of fused-ring (bicyclic) bond motifs is 1. The maximum absolute atomic E-state index is 14.1. The molecule has 3 heterocycles. The van der Waals surface area contributed by atoms with Gasteiger partial charge in [0, 0.05) is 69.8 Å². The molecule has 1 N–H and O–H groups in total. The predicted octanol–water partition coefficient (Wildman–Crippen LogP) is 3.19. The van der Waals surface area contributed by atoms with Gasteiger partial charge in [-0.25, -0.2) is 18.7 Å². The lowest BCUT2D eigenvalue weighted by molar-refractivity contribution is -0.131. The van der Waals surface area contributed by atoms with Crippen molar-refractivity contribution in [1.29, 1.82) is 0 Å². The van der Waals surface area contributed by atoms with E-state index < -0.39 is 11.6 Å². The molecule has 0 radical (unpaired) electrons. The molecule has 1 aromatic carbocycles. The predicted molar refractivity (Wildman–Crippen MR) is 124 cm³/mol. The highest BCUT2D eigenvalue weighted by Crippen LogP contribution is 2.28. The van der Waals surface area contributed by atoms with Crippen molar-refractivity contribution in [2.45, 2.75) is 52.7 Å². The number of hydrogen-bond acceptors (Lipinski definition) is 6. The molecule has 1 amide bonds. The van der Waals surface area contributed by atoms with Crippen molar-refractivity contribution in [3.63, 3.8) is 0 Å². The summed E-state index contributed by atoms with van der Waals surface area (Å²) in [6.45, 7) is 10.6.